The Balaban J connectivity index is 1.33. The predicted octanol–water partition coefficient (Wildman–Crippen LogP) is 8.49. The van der Waals surface area contributed by atoms with Crippen molar-refractivity contribution < 1.29 is 9.47 Å². The average molecular weight is 594 g/mol. The molecular weight excluding hydrogens is 562 g/mol. The number of benzene rings is 3. The van der Waals surface area contributed by atoms with Gasteiger partial charge in [0.1, 0.15) is 18.5 Å². The second kappa shape index (κ2) is 12.6. The molecule has 0 spiro atoms. The van der Waals surface area contributed by atoms with Crippen LogP contribution in [0.2, 0.25) is 5.02 Å². The quantitative estimate of drug-likeness (QED) is 0.162. The van der Waals surface area contributed by atoms with Crippen LogP contribution in [0.5, 0.6) is 5.75 Å². The zero-order valence-corrected chi connectivity index (χ0v) is 25.3. The van der Waals surface area contributed by atoms with E-state index in [1.807, 2.05) is 54.4 Å². The van der Waals surface area contributed by atoms with Gasteiger partial charge in [0.05, 0.1) is 23.9 Å². The number of hydrogen-bond donors (Lipinski definition) is 0. The van der Waals surface area contributed by atoms with E-state index in [2.05, 4.69) is 65.0 Å². The molecule has 0 N–H and O–H groups in total. The first-order chi connectivity index (χ1) is 20.5. The summed E-state index contributed by atoms with van der Waals surface area (Å²) in [5.74, 6) is 0.911. The molecule has 0 aliphatic carbocycles. The van der Waals surface area contributed by atoms with E-state index in [-0.39, 0.29) is 0 Å². The molecule has 0 saturated carbocycles. The Bertz CT molecular complexity index is 1730. The topological polar surface area (TPSA) is 60.1 Å². The Labute approximate surface area is 256 Å². The summed E-state index contributed by atoms with van der Waals surface area (Å²) in [7, 11) is 0. The molecular formula is C35H32ClN3O2S. The van der Waals surface area contributed by atoms with E-state index in [0.717, 1.165) is 47.0 Å². The number of halogens is 1. The Morgan fingerprint density at radius 2 is 1.86 bits per heavy atom. The molecule has 212 valence electrons. The summed E-state index contributed by atoms with van der Waals surface area (Å²) >= 11 is 8.10. The molecule has 2 unspecified atom stereocenters. The van der Waals surface area contributed by atoms with Crippen LogP contribution in [-0.4, -0.2) is 27.5 Å². The summed E-state index contributed by atoms with van der Waals surface area (Å²) in [6.07, 6.45) is 3.12. The van der Waals surface area contributed by atoms with Crippen molar-refractivity contribution in [3.8, 4) is 22.9 Å². The maximum atomic E-state index is 9.21. The highest BCUT2D eigenvalue weighted by Gasteiger charge is 2.29. The lowest BCUT2D eigenvalue weighted by molar-refractivity contribution is 0.104. The predicted molar refractivity (Wildman–Crippen MR) is 170 cm³/mol. The maximum absolute atomic E-state index is 9.21. The lowest BCUT2D eigenvalue weighted by Crippen LogP contribution is -2.13. The molecule has 42 heavy (non-hydrogen) atoms. The second-order valence-electron chi connectivity index (χ2n) is 10.6. The standard InChI is InChI=1S/C35H32ClN3O2S/c1-23(19-37)40-17-16-32-35-34-30(18-24(2)42-35)33(15-14-31(34)39(32)21-25-8-11-28(36)12-9-25)41-22-29-13-10-27(20-38-29)26-6-4-3-5-7-26/h3-15,20,23-24H,16-18,21-22H2,1-2H3. The first-order valence-electron chi connectivity index (χ1n) is 14.2. The number of pyridine rings is 1. The summed E-state index contributed by atoms with van der Waals surface area (Å²) in [6, 6.07) is 28.9. The lowest BCUT2D eigenvalue weighted by atomic mass is 10.0. The Kier molecular flexibility index (Phi) is 8.53. The molecule has 0 bridgehead atoms. The van der Waals surface area contributed by atoms with Crippen molar-refractivity contribution in [1.82, 2.24) is 9.55 Å². The van der Waals surface area contributed by atoms with Gasteiger partial charge in [0, 0.05) is 56.5 Å². The largest absolute Gasteiger partial charge is 0.487 e. The molecule has 7 heteroatoms. The van der Waals surface area contributed by atoms with Crippen LogP contribution < -0.4 is 4.74 Å². The highest BCUT2D eigenvalue weighted by Crippen LogP contribution is 2.47. The van der Waals surface area contributed by atoms with Crippen molar-refractivity contribution in [1.29, 1.82) is 5.26 Å². The third-order valence-corrected chi connectivity index (χ3v) is 9.11. The average Bonchev–Trinajstić information content (AvgIpc) is 3.30. The van der Waals surface area contributed by atoms with Crippen molar-refractivity contribution in [2.24, 2.45) is 0 Å². The van der Waals surface area contributed by atoms with Crippen molar-refractivity contribution in [3.63, 3.8) is 0 Å². The van der Waals surface area contributed by atoms with Crippen LogP contribution in [-0.2, 0) is 30.7 Å². The smallest absolute Gasteiger partial charge is 0.141 e. The van der Waals surface area contributed by atoms with Gasteiger partial charge in [0.25, 0.3) is 0 Å². The Morgan fingerprint density at radius 1 is 1.05 bits per heavy atom. The Morgan fingerprint density at radius 3 is 2.60 bits per heavy atom. The van der Waals surface area contributed by atoms with E-state index >= 15 is 0 Å². The molecule has 1 aliphatic rings. The molecule has 3 aromatic carbocycles. The molecule has 5 nitrogen and oxygen atoms in total. The van der Waals surface area contributed by atoms with Gasteiger partial charge < -0.3 is 14.0 Å². The first-order valence-corrected chi connectivity index (χ1v) is 15.5. The fourth-order valence-corrected chi connectivity index (χ4v) is 7.01. The zero-order chi connectivity index (χ0) is 29.1. The van der Waals surface area contributed by atoms with E-state index in [9.17, 15) is 5.26 Å². The molecule has 0 saturated heterocycles. The van der Waals surface area contributed by atoms with Gasteiger partial charge in [-0.2, -0.15) is 5.26 Å². The number of nitrogens with zero attached hydrogens (tertiary/aromatic N) is 3. The van der Waals surface area contributed by atoms with Crippen molar-refractivity contribution in [3.05, 3.63) is 113 Å². The molecule has 0 fully saturated rings. The normalized spacial score (nSPS) is 15.0. The van der Waals surface area contributed by atoms with Crippen molar-refractivity contribution >= 4 is 34.3 Å². The molecule has 2 aromatic heterocycles. The summed E-state index contributed by atoms with van der Waals surface area (Å²) in [5.41, 5.74) is 7.99. The summed E-state index contributed by atoms with van der Waals surface area (Å²) in [6.45, 7) is 5.67. The highest BCUT2D eigenvalue weighted by atomic mass is 35.5. The number of nitriles is 1. The monoisotopic (exact) mass is 593 g/mol. The molecule has 6 rings (SSSR count). The third kappa shape index (κ3) is 6.05. The van der Waals surface area contributed by atoms with E-state index in [1.165, 1.54) is 32.6 Å². The van der Waals surface area contributed by atoms with E-state index in [4.69, 9.17) is 21.1 Å². The minimum Gasteiger partial charge on any atom is -0.487 e. The third-order valence-electron chi connectivity index (χ3n) is 7.61. The molecule has 1 aliphatic heterocycles. The van der Waals surface area contributed by atoms with Crippen LogP contribution in [0, 0.1) is 11.3 Å². The number of rotatable bonds is 10. The van der Waals surface area contributed by atoms with Crippen LogP contribution in [0.15, 0.2) is 90.0 Å². The fourth-order valence-electron chi connectivity index (χ4n) is 5.54. The molecule has 0 amide bonds. The number of aromatic nitrogens is 2. The molecule has 2 atom stereocenters. The van der Waals surface area contributed by atoms with Gasteiger partial charge in [-0.3, -0.25) is 4.98 Å². The summed E-state index contributed by atoms with van der Waals surface area (Å²) < 4.78 is 14.7. The SMILES string of the molecule is CC(C#N)OCCc1c2c3c(c(OCc4ccc(-c5ccccc5)cn4)ccc3n1Cc1ccc(Cl)cc1)CC(C)S2. The van der Waals surface area contributed by atoms with Gasteiger partial charge in [0.2, 0.25) is 0 Å². The van der Waals surface area contributed by atoms with Crippen LogP contribution in [0.4, 0.5) is 0 Å². The van der Waals surface area contributed by atoms with Crippen LogP contribution in [0.1, 0.15) is 36.4 Å². The molecule has 3 heterocycles. The molecule has 5 aromatic rings. The van der Waals surface area contributed by atoms with E-state index in [1.54, 1.807) is 6.92 Å². The second-order valence-corrected chi connectivity index (χ2v) is 12.5. The number of thioether (sulfide) groups is 1. The lowest BCUT2D eigenvalue weighted by Gasteiger charge is -2.22. The van der Waals surface area contributed by atoms with Gasteiger partial charge in [-0.1, -0.05) is 67.1 Å². The van der Waals surface area contributed by atoms with Crippen LogP contribution >= 0.6 is 23.4 Å². The summed E-state index contributed by atoms with van der Waals surface area (Å²) in [4.78, 5) is 5.97. The zero-order valence-electron chi connectivity index (χ0n) is 23.7. The van der Waals surface area contributed by atoms with Gasteiger partial charge >= 0.3 is 0 Å². The number of hydrogen-bond acceptors (Lipinski definition) is 5. The van der Waals surface area contributed by atoms with Gasteiger partial charge in [-0.25, -0.2) is 0 Å². The highest BCUT2D eigenvalue weighted by molar-refractivity contribution is 8.00. The number of ether oxygens (including phenoxy) is 2. The van der Waals surface area contributed by atoms with Crippen molar-refractivity contribution in [2.75, 3.05) is 6.61 Å². The van der Waals surface area contributed by atoms with Gasteiger partial charge in [0.15, 0.2) is 0 Å². The molecule has 0 radical (unpaired) electrons. The van der Waals surface area contributed by atoms with Crippen LogP contribution in [0.3, 0.4) is 0 Å². The first kappa shape index (κ1) is 28.4. The minimum absolute atomic E-state index is 0.401. The van der Waals surface area contributed by atoms with Crippen LogP contribution in [0.25, 0.3) is 22.0 Å². The van der Waals surface area contributed by atoms with Gasteiger partial charge in [-0.15, -0.1) is 11.8 Å². The van der Waals surface area contributed by atoms with Crippen molar-refractivity contribution in [2.45, 2.75) is 56.1 Å². The minimum atomic E-state index is -0.437. The van der Waals surface area contributed by atoms with E-state index in [0.29, 0.717) is 18.5 Å². The van der Waals surface area contributed by atoms with E-state index < -0.39 is 6.10 Å². The maximum Gasteiger partial charge on any atom is 0.141 e. The van der Waals surface area contributed by atoms with Gasteiger partial charge in [-0.05, 0) is 54.8 Å². The fraction of sp³-hybridized carbons (Fsp3) is 0.257. The Hall–Kier alpha value is -3.76. The summed E-state index contributed by atoms with van der Waals surface area (Å²) in [5, 5.41) is 11.6.